The largest absolute Gasteiger partial charge is 0.445 e. The van der Waals surface area contributed by atoms with E-state index in [4.69, 9.17) is 9.47 Å². The van der Waals surface area contributed by atoms with E-state index < -0.39 is 17.5 Å². The molecule has 2 aliphatic rings. The van der Waals surface area contributed by atoms with Crippen molar-refractivity contribution in [1.29, 1.82) is 0 Å². The normalized spacial score (nSPS) is 17.4. The third-order valence-electron chi connectivity index (χ3n) is 7.54. The number of ether oxygens (including phenoxy) is 2. The highest BCUT2D eigenvalue weighted by Gasteiger charge is 2.24. The van der Waals surface area contributed by atoms with Crippen molar-refractivity contribution in [3.05, 3.63) is 59.9 Å². The van der Waals surface area contributed by atoms with E-state index in [2.05, 4.69) is 20.4 Å². The second-order valence-electron chi connectivity index (χ2n) is 11.8. The van der Waals surface area contributed by atoms with Crippen molar-refractivity contribution < 1.29 is 23.5 Å². The highest BCUT2D eigenvalue weighted by atomic mass is 19.1. The Morgan fingerprint density at radius 1 is 0.950 bits per heavy atom. The summed E-state index contributed by atoms with van der Waals surface area (Å²) in [6.45, 7) is 10.4. The van der Waals surface area contributed by atoms with Crippen molar-refractivity contribution in [2.24, 2.45) is 5.92 Å². The summed E-state index contributed by atoms with van der Waals surface area (Å²) in [5, 5.41) is 5.50. The maximum absolute atomic E-state index is 14.7. The molecule has 0 saturated carbocycles. The van der Waals surface area contributed by atoms with E-state index in [0.29, 0.717) is 5.92 Å². The van der Waals surface area contributed by atoms with Crippen LogP contribution >= 0.6 is 0 Å². The molecule has 4 rings (SSSR count). The summed E-state index contributed by atoms with van der Waals surface area (Å²) in [4.78, 5) is 28.8. The minimum Gasteiger partial charge on any atom is -0.445 e. The Morgan fingerprint density at radius 3 is 2.30 bits per heavy atom. The van der Waals surface area contributed by atoms with Crippen molar-refractivity contribution in [3.63, 3.8) is 0 Å². The Kier molecular flexibility index (Phi) is 10.3. The SMILES string of the molecule is CC(C)(C)OC(=O)Nc1ccc(N2CCC(CCN3CCC(NC(=O)OCc4ccccc4)CC3)CC2)cc1F. The molecule has 0 aliphatic carbocycles. The number of hydrogen-bond acceptors (Lipinski definition) is 6. The Balaban J connectivity index is 1.11. The van der Waals surface area contributed by atoms with Crippen LogP contribution in [0.5, 0.6) is 0 Å². The summed E-state index contributed by atoms with van der Waals surface area (Å²) in [5.74, 6) is 0.186. The summed E-state index contributed by atoms with van der Waals surface area (Å²) < 4.78 is 25.2. The number of hydrogen-bond donors (Lipinski definition) is 2. The molecule has 2 fully saturated rings. The van der Waals surface area contributed by atoms with E-state index in [1.807, 2.05) is 36.4 Å². The van der Waals surface area contributed by atoms with E-state index in [0.717, 1.165) is 76.1 Å². The Bertz CT molecular complexity index is 1110. The standard InChI is InChI=1S/C31H43FN4O4/c1-31(2,3)40-30(38)34-28-10-9-26(21-27(28)32)36-19-12-23(13-20-36)11-16-35-17-14-25(15-18-35)33-29(37)39-22-24-7-5-4-6-8-24/h4-10,21,23,25H,11-20,22H2,1-3H3,(H,33,37)(H,34,38). The van der Waals surface area contributed by atoms with Gasteiger partial charge in [-0.3, -0.25) is 5.32 Å². The zero-order valence-electron chi connectivity index (χ0n) is 24.0. The first-order valence-corrected chi connectivity index (χ1v) is 14.4. The zero-order valence-corrected chi connectivity index (χ0v) is 24.0. The van der Waals surface area contributed by atoms with Crippen LogP contribution in [0.1, 0.15) is 58.4 Å². The van der Waals surface area contributed by atoms with Crippen molar-refractivity contribution >= 4 is 23.6 Å². The second kappa shape index (κ2) is 13.8. The highest BCUT2D eigenvalue weighted by Crippen LogP contribution is 2.28. The van der Waals surface area contributed by atoms with Crippen LogP contribution in [0, 0.1) is 11.7 Å². The first kappa shape index (κ1) is 29.6. The number of alkyl carbamates (subject to hydrolysis) is 1. The molecule has 0 spiro atoms. The zero-order chi connectivity index (χ0) is 28.5. The second-order valence-corrected chi connectivity index (χ2v) is 11.8. The van der Waals surface area contributed by atoms with Gasteiger partial charge < -0.3 is 24.6 Å². The molecule has 2 saturated heterocycles. The number of benzene rings is 2. The predicted octanol–water partition coefficient (Wildman–Crippen LogP) is 6.17. The fourth-order valence-corrected chi connectivity index (χ4v) is 5.29. The number of nitrogens with zero attached hydrogens (tertiary/aromatic N) is 2. The summed E-state index contributed by atoms with van der Waals surface area (Å²) >= 11 is 0. The lowest BCUT2D eigenvalue weighted by Crippen LogP contribution is -2.45. The van der Waals surface area contributed by atoms with Crippen molar-refractivity contribution in [1.82, 2.24) is 10.2 Å². The van der Waals surface area contributed by atoms with Crippen LogP contribution in [-0.4, -0.2) is 61.5 Å². The number of piperidine rings is 2. The molecule has 40 heavy (non-hydrogen) atoms. The molecule has 218 valence electrons. The molecule has 9 heteroatoms. The molecular weight excluding hydrogens is 511 g/mol. The van der Waals surface area contributed by atoms with Crippen LogP contribution in [-0.2, 0) is 16.1 Å². The number of likely N-dealkylation sites (tertiary alicyclic amines) is 1. The van der Waals surface area contributed by atoms with Gasteiger partial charge in [0.05, 0.1) is 5.69 Å². The third kappa shape index (κ3) is 9.40. The quantitative estimate of drug-likeness (QED) is 0.406. The molecule has 0 bridgehead atoms. The van der Waals surface area contributed by atoms with Gasteiger partial charge in [-0.25, -0.2) is 14.0 Å². The lowest BCUT2D eigenvalue weighted by Gasteiger charge is -2.36. The fourth-order valence-electron chi connectivity index (χ4n) is 5.29. The lowest BCUT2D eigenvalue weighted by molar-refractivity contribution is 0.0635. The average Bonchev–Trinajstić information content (AvgIpc) is 2.92. The number of amides is 2. The first-order chi connectivity index (χ1) is 19.1. The average molecular weight is 555 g/mol. The number of rotatable bonds is 8. The van der Waals surface area contributed by atoms with Gasteiger partial charge in [-0.1, -0.05) is 30.3 Å². The van der Waals surface area contributed by atoms with E-state index >= 15 is 0 Å². The van der Waals surface area contributed by atoms with Gasteiger partial charge in [0.25, 0.3) is 0 Å². The molecule has 2 amide bonds. The molecule has 0 radical (unpaired) electrons. The van der Waals surface area contributed by atoms with Crippen LogP contribution < -0.4 is 15.5 Å². The van der Waals surface area contributed by atoms with Crippen LogP contribution in [0.25, 0.3) is 0 Å². The summed E-state index contributed by atoms with van der Waals surface area (Å²) in [7, 11) is 0. The summed E-state index contributed by atoms with van der Waals surface area (Å²) in [5.41, 5.74) is 1.30. The Morgan fingerprint density at radius 2 is 1.65 bits per heavy atom. The Labute approximate surface area is 237 Å². The molecule has 0 atom stereocenters. The van der Waals surface area contributed by atoms with Crippen molar-refractivity contribution in [2.75, 3.05) is 42.9 Å². The van der Waals surface area contributed by atoms with E-state index in [1.165, 1.54) is 6.07 Å². The molecule has 0 unspecified atom stereocenters. The molecule has 2 aromatic carbocycles. The van der Waals surface area contributed by atoms with E-state index in [-0.39, 0.29) is 24.4 Å². The maximum Gasteiger partial charge on any atom is 0.412 e. The van der Waals surface area contributed by atoms with Crippen LogP contribution in [0.4, 0.5) is 25.4 Å². The molecule has 8 nitrogen and oxygen atoms in total. The summed E-state index contributed by atoms with van der Waals surface area (Å²) in [6.07, 6.45) is 4.16. The first-order valence-electron chi connectivity index (χ1n) is 14.4. The predicted molar refractivity (Wildman–Crippen MR) is 155 cm³/mol. The Hall–Kier alpha value is -3.33. The van der Waals surface area contributed by atoms with Gasteiger partial charge >= 0.3 is 12.2 Å². The van der Waals surface area contributed by atoms with Crippen LogP contribution in [0.3, 0.4) is 0 Å². The van der Waals surface area contributed by atoms with Gasteiger partial charge in [0.2, 0.25) is 0 Å². The lowest BCUT2D eigenvalue weighted by atomic mass is 9.92. The van der Waals surface area contributed by atoms with Gasteiger partial charge in [-0.05, 0) is 89.1 Å². The molecule has 2 aliphatic heterocycles. The van der Waals surface area contributed by atoms with Crippen LogP contribution in [0.15, 0.2) is 48.5 Å². The van der Waals surface area contributed by atoms with Gasteiger partial charge in [0.15, 0.2) is 0 Å². The van der Waals surface area contributed by atoms with E-state index in [9.17, 15) is 14.0 Å². The van der Waals surface area contributed by atoms with Crippen LogP contribution in [0.2, 0.25) is 0 Å². The topological polar surface area (TPSA) is 83.1 Å². The molecule has 2 aromatic rings. The van der Waals surface area contributed by atoms with Gasteiger partial charge in [-0.2, -0.15) is 0 Å². The maximum atomic E-state index is 14.7. The number of halogens is 1. The molecule has 2 heterocycles. The summed E-state index contributed by atoms with van der Waals surface area (Å²) in [6, 6.07) is 14.8. The molecule has 2 N–H and O–H groups in total. The number of anilines is 2. The number of carbonyl (C=O) groups is 2. The monoisotopic (exact) mass is 554 g/mol. The molecular formula is C31H43FN4O4. The molecule has 0 aromatic heterocycles. The minimum absolute atomic E-state index is 0.121. The minimum atomic E-state index is -0.665. The van der Waals surface area contributed by atoms with Crippen molar-refractivity contribution in [3.8, 4) is 0 Å². The number of nitrogens with one attached hydrogen (secondary N) is 2. The van der Waals surface area contributed by atoms with Gasteiger partial charge in [-0.15, -0.1) is 0 Å². The smallest absolute Gasteiger partial charge is 0.412 e. The highest BCUT2D eigenvalue weighted by molar-refractivity contribution is 5.85. The van der Waals surface area contributed by atoms with Gasteiger partial charge in [0, 0.05) is 37.9 Å². The van der Waals surface area contributed by atoms with Crippen molar-refractivity contribution in [2.45, 2.75) is 71.1 Å². The number of carbonyl (C=O) groups excluding carboxylic acids is 2. The third-order valence-corrected chi connectivity index (χ3v) is 7.54. The fraction of sp³-hybridized carbons (Fsp3) is 0.548. The van der Waals surface area contributed by atoms with Gasteiger partial charge in [0.1, 0.15) is 18.0 Å². The van der Waals surface area contributed by atoms with E-state index in [1.54, 1.807) is 26.8 Å².